The van der Waals surface area contributed by atoms with Gasteiger partial charge in [-0.2, -0.15) is 41.5 Å². The second kappa shape index (κ2) is 30.0. The number of hydrogen-bond acceptors (Lipinski definition) is 22. The molecule has 2 aromatic heterocycles. The van der Waals surface area contributed by atoms with Crippen molar-refractivity contribution in [2.45, 2.75) is 65.2 Å². The van der Waals surface area contributed by atoms with Crippen LogP contribution in [-0.2, 0) is 40.5 Å². The third kappa shape index (κ3) is 16.8. The summed E-state index contributed by atoms with van der Waals surface area (Å²) in [5, 5.41) is 67.9. The second-order valence-corrected chi connectivity index (χ2v) is 19.9. The standard InChI is InChI=1S/C32H30N8O4.C19H18N4O2.C12H14N4O/c1-32(2)28(26(18-35)29(44-32)24(16-33)17-34)23-8-10-25(11-9-23)40(3)14-15-42-31(41)38-19-21-4-6-22(7-5-21)20-43-30-37-13-12-27(36)39-30;1-19(2)17(16(12-22)18(25-19)14(10-20)11-21)13-4-6-15(7-5-13)23(3)8-9-24;13-7-9-1-3-10(4-2-9)8-17-12-15-6-5-11(14)16-12/h4-13H,14-15,19-20H2,1-3H3,(H,38,41)(H2,36,37,39);4-7,24H,8-9H2,1-3H3;1-6H,7-8,13H2,(H2,14,15,16). The van der Waals surface area contributed by atoms with E-state index < -0.39 is 17.3 Å². The van der Waals surface area contributed by atoms with E-state index in [0.29, 0.717) is 55.6 Å². The summed E-state index contributed by atoms with van der Waals surface area (Å²) in [7, 11) is 3.75. The summed E-state index contributed by atoms with van der Waals surface area (Å²) >= 11 is 0. The van der Waals surface area contributed by atoms with Crippen molar-refractivity contribution in [2.24, 2.45) is 5.73 Å². The van der Waals surface area contributed by atoms with Gasteiger partial charge >= 0.3 is 18.1 Å². The van der Waals surface area contributed by atoms with E-state index in [1.807, 2.05) is 121 Å². The molecule has 6 aromatic rings. The SMILES string of the molecule is CN(CCO)c1ccc(C2=C(C#N)C(=C(C#N)C#N)OC2(C)C)cc1.CN(CCOC(=O)NCc1ccc(COc2nccc(N)n2)cc1)c1ccc(C2=C(C#N)C(=C(C#N)C#N)OC2(C)C)cc1.NCc1ccc(COc2nccc(N)n2)cc1. The highest BCUT2D eigenvalue weighted by Crippen LogP contribution is 2.46. The molecule has 0 saturated heterocycles. The molecule has 2 aliphatic heterocycles. The molecule has 1 amide bonds. The van der Waals surface area contributed by atoms with Crippen molar-refractivity contribution in [2.75, 3.05) is 61.7 Å². The van der Waals surface area contributed by atoms with Gasteiger partial charge in [0, 0.05) is 68.6 Å². The van der Waals surface area contributed by atoms with Gasteiger partial charge in [0.15, 0.2) is 22.7 Å². The molecule has 0 atom stereocenters. The van der Waals surface area contributed by atoms with E-state index in [9.17, 15) is 25.8 Å². The first-order chi connectivity index (χ1) is 41.3. The molecule has 0 radical (unpaired) electrons. The highest BCUT2D eigenvalue weighted by molar-refractivity contribution is 5.86. The Balaban J connectivity index is 0.000000235. The molecule has 8 rings (SSSR count). The zero-order valence-electron chi connectivity index (χ0n) is 48.2. The molecule has 0 fully saturated rings. The number of allylic oxidation sites excluding steroid dienone is 4. The second-order valence-electron chi connectivity index (χ2n) is 19.9. The Morgan fingerprint density at radius 3 is 1.36 bits per heavy atom. The van der Waals surface area contributed by atoms with Crippen LogP contribution in [0.25, 0.3) is 11.1 Å². The molecule has 436 valence electrons. The van der Waals surface area contributed by atoms with Crippen LogP contribution in [0.1, 0.15) is 61.1 Å². The van der Waals surface area contributed by atoms with E-state index in [1.165, 1.54) is 6.20 Å². The molecular formula is C63H62N16O7. The number of anilines is 4. The number of nitriles is 6. The minimum atomic E-state index is -0.905. The van der Waals surface area contributed by atoms with Crippen LogP contribution in [0.3, 0.4) is 0 Å². The van der Waals surface area contributed by atoms with Crippen molar-refractivity contribution < 1.29 is 33.6 Å². The molecule has 0 bridgehead atoms. The van der Waals surface area contributed by atoms with Gasteiger partial charge in [-0.1, -0.05) is 72.8 Å². The van der Waals surface area contributed by atoms with Crippen molar-refractivity contribution in [1.29, 1.82) is 31.6 Å². The van der Waals surface area contributed by atoms with Crippen LogP contribution >= 0.6 is 0 Å². The summed E-state index contributed by atoms with van der Waals surface area (Å²) in [6.45, 7) is 9.88. The van der Waals surface area contributed by atoms with Gasteiger partial charge in [-0.25, -0.2) is 14.8 Å². The average molecular weight is 1160 g/mol. The minimum Gasteiger partial charge on any atom is -0.480 e. The Morgan fingerprint density at radius 1 is 0.593 bits per heavy atom. The first-order valence-corrected chi connectivity index (χ1v) is 26.5. The molecule has 8 N–H and O–H groups in total. The van der Waals surface area contributed by atoms with Crippen LogP contribution < -0.4 is 41.8 Å². The van der Waals surface area contributed by atoms with Crippen LogP contribution in [-0.4, -0.2) is 82.7 Å². The van der Waals surface area contributed by atoms with E-state index >= 15 is 0 Å². The van der Waals surface area contributed by atoms with Gasteiger partial charge < -0.3 is 61.1 Å². The third-order valence-electron chi connectivity index (χ3n) is 13.1. The minimum absolute atomic E-state index is 0.00131. The zero-order chi connectivity index (χ0) is 62.4. The van der Waals surface area contributed by atoms with E-state index in [-0.39, 0.29) is 65.7 Å². The lowest BCUT2D eigenvalue weighted by Gasteiger charge is -2.24. The fourth-order valence-electron chi connectivity index (χ4n) is 8.69. The molecule has 23 heteroatoms. The maximum absolute atomic E-state index is 12.2. The number of likely N-dealkylation sites (N-methyl/N-ethyl adjacent to an activating group) is 2. The molecule has 2 aliphatic rings. The fourth-order valence-corrected chi connectivity index (χ4v) is 8.69. The number of aliphatic hydroxyl groups excluding tert-OH is 1. The van der Waals surface area contributed by atoms with Gasteiger partial charge in [-0.05, 0) is 97.5 Å². The topological polar surface area (TPSA) is 374 Å². The Labute approximate surface area is 498 Å². The summed E-state index contributed by atoms with van der Waals surface area (Å²) in [6, 6.07) is 45.4. The van der Waals surface area contributed by atoms with Gasteiger partial charge in [0.2, 0.25) is 0 Å². The van der Waals surface area contributed by atoms with Crippen LogP contribution in [0, 0.1) is 68.0 Å². The van der Waals surface area contributed by atoms with Crippen molar-refractivity contribution in [3.05, 3.63) is 189 Å². The summed E-state index contributed by atoms with van der Waals surface area (Å²) < 4.78 is 27.9. The van der Waals surface area contributed by atoms with Crippen LogP contribution in [0.4, 0.5) is 27.8 Å². The predicted octanol–water partition coefficient (Wildman–Crippen LogP) is 7.99. The molecule has 0 spiro atoms. The molecular weight excluding hydrogens is 1090 g/mol. The van der Waals surface area contributed by atoms with Crippen molar-refractivity contribution >= 4 is 40.2 Å². The molecule has 86 heavy (non-hydrogen) atoms. The number of aromatic nitrogens is 4. The van der Waals surface area contributed by atoms with Gasteiger partial charge in [0.05, 0.1) is 13.2 Å². The van der Waals surface area contributed by atoms with Crippen LogP contribution in [0.5, 0.6) is 12.0 Å². The highest BCUT2D eigenvalue weighted by Gasteiger charge is 2.42. The van der Waals surface area contributed by atoms with Crippen LogP contribution in [0.2, 0.25) is 0 Å². The number of benzene rings is 4. The summed E-state index contributed by atoms with van der Waals surface area (Å²) in [6.07, 6.45) is 2.56. The maximum Gasteiger partial charge on any atom is 0.407 e. The third-order valence-corrected chi connectivity index (χ3v) is 13.1. The number of hydrogen-bond donors (Lipinski definition) is 5. The van der Waals surface area contributed by atoms with Crippen molar-refractivity contribution in [3.8, 4) is 48.4 Å². The fraction of sp³-hybridized carbons (Fsp3) is 0.254. The first kappa shape index (κ1) is 63.7. The molecule has 0 saturated carbocycles. The van der Waals surface area contributed by atoms with E-state index in [2.05, 4.69) is 37.4 Å². The average Bonchev–Trinajstić information content (AvgIpc) is 1.72. The van der Waals surface area contributed by atoms with Gasteiger partial charge in [0.1, 0.15) is 90.2 Å². The number of aliphatic hydroxyl groups is 1. The van der Waals surface area contributed by atoms with Crippen molar-refractivity contribution in [1.82, 2.24) is 25.3 Å². The molecule has 0 unspecified atom stereocenters. The van der Waals surface area contributed by atoms with E-state index in [1.54, 1.807) is 70.3 Å². The molecule has 23 nitrogen and oxygen atoms in total. The van der Waals surface area contributed by atoms with Gasteiger partial charge in [0.25, 0.3) is 0 Å². The monoisotopic (exact) mass is 1150 g/mol. The molecule has 4 heterocycles. The predicted molar refractivity (Wildman–Crippen MR) is 319 cm³/mol. The Hall–Kier alpha value is -11.5. The Bertz CT molecular complexity index is 3750. The Kier molecular flexibility index (Phi) is 22.2. The summed E-state index contributed by atoms with van der Waals surface area (Å²) in [4.78, 5) is 32.0. The number of nitrogen functional groups attached to an aromatic ring is 2. The largest absolute Gasteiger partial charge is 0.480 e. The maximum atomic E-state index is 12.2. The number of nitrogens with one attached hydrogen (secondary N) is 1. The lowest BCUT2D eigenvalue weighted by molar-refractivity contribution is 0.109. The number of ether oxygens (including phenoxy) is 5. The quantitative estimate of drug-likeness (QED) is 0.0509. The molecule has 0 aliphatic carbocycles. The van der Waals surface area contributed by atoms with Crippen molar-refractivity contribution in [3.63, 3.8) is 0 Å². The summed E-state index contributed by atoms with van der Waals surface area (Å²) in [5.74, 6) is 0.768. The van der Waals surface area contributed by atoms with Gasteiger partial charge in [-0.3, -0.25) is 0 Å². The number of alkyl carbamates (subject to hydrolysis) is 1. The first-order valence-electron chi connectivity index (χ1n) is 26.5. The Morgan fingerprint density at radius 2 is 0.988 bits per heavy atom. The lowest BCUT2D eigenvalue weighted by Crippen LogP contribution is -2.29. The smallest absolute Gasteiger partial charge is 0.407 e. The van der Waals surface area contributed by atoms with Crippen LogP contribution in [0.15, 0.2) is 155 Å². The lowest BCUT2D eigenvalue weighted by atomic mass is 9.89. The number of amides is 1. The molecule has 4 aromatic carbocycles. The zero-order valence-corrected chi connectivity index (χ0v) is 48.2. The van der Waals surface area contributed by atoms with E-state index in [0.717, 1.165) is 44.8 Å². The van der Waals surface area contributed by atoms with Gasteiger partial charge in [-0.15, -0.1) is 0 Å². The number of carbonyl (C=O) groups is 1. The number of nitrogens with two attached hydrogens (primary N) is 3. The normalized spacial score (nSPS) is 13.1. The number of nitrogens with zero attached hydrogens (tertiary/aromatic N) is 12. The summed E-state index contributed by atoms with van der Waals surface area (Å²) in [5.41, 5.74) is 23.3. The number of rotatable bonds is 18. The van der Waals surface area contributed by atoms with E-state index in [4.69, 9.17) is 56.5 Å². The number of carbonyl (C=O) groups excluding carboxylic acids is 1. The highest BCUT2D eigenvalue weighted by atomic mass is 16.5.